The normalized spacial score (nSPS) is 23.5. The van der Waals surface area contributed by atoms with Crippen molar-refractivity contribution in [1.82, 2.24) is 5.01 Å². The number of benzene rings is 2. The SMILES string of the molecule is CCC1CNc2ccccc2C12OC(c1cc(F)ccc1F)=NN2C(C)=O. The molecule has 2 aromatic carbocycles. The average molecular weight is 371 g/mol. The number of nitrogens with zero attached hydrogens (tertiary/aromatic N) is 2. The zero-order valence-corrected chi connectivity index (χ0v) is 15.0. The van der Waals surface area contributed by atoms with E-state index in [1.54, 1.807) is 0 Å². The zero-order chi connectivity index (χ0) is 19.2. The van der Waals surface area contributed by atoms with Gasteiger partial charge in [0.1, 0.15) is 11.6 Å². The average Bonchev–Trinajstić information content (AvgIpc) is 3.05. The van der Waals surface area contributed by atoms with Gasteiger partial charge in [0, 0.05) is 30.6 Å². The summed E-state index contributed by atoms with van der Waals surface area (Å²) >= 11 is 0. The fraction of sp³-hybridized carbons (Fsp3) is 0.300. The van der Waals surface area contributed by atoms with Crippen molar-refractivity contribution in [3.63, 3.8) is 0 Å². The van der Waals surface area contributed by atoms with Gasteiger partial charge in [0.15, 0.2) is 0 Å². The Morgan fingerprint density at radius 2 is 2.11 bits per heavy atom. The van der Waals surface area contributed by atoms with E-state index in [0.29, 0.717) is 13.0 Å². The second-order valence-electron chi connectivity index (χ2n) is 6.69. The van der Waals surface area contributed by atoms with Crippen molar-refractivity contribution in [3.05, 3.63) is 65.2 Å². The summed E-state index contributed by atoms with van der Waals surface area (Å²) < 4.78 is 34.3. The van der Waals surface area contributed by atoms with Gasteiger partial charge in [0.2, 0.25) is 17.5 Å². The third kappa shape index (κ3) is 2.57. The van der Waals surface area contributed by atoms with Crippen molar-refractivity contribution in [2.45, 2.75) is 26.0 Å². The van der Waals surface area contributed by atoms with Crippen molar-refractivity contribution in [2.75, 3.05) is 11.9 Å². The number of fused-ring (bicyclic) bond motifs is 2. The van der Waals surface area contributed by atoms with Crippen molar-refractivity contribution < 1.29 is 18.3 Å². The summed E-state index contributed by atoms with van der Waals surface area (Å²) in [6.07, 6.45) is 0.694. The molecule has 0 fully saturated rings. The zero-order valence-electron chi connectivity index (χ0n) is 15.0. The van der Waals surface area contributed by atoms with Crippen LogP contribution in [0.5, 0.6) is 0 Å². The number of rotatable bonds is 2. The molecular weight excluding hydrogens is 352 g/mol. The molecule has 0 aliphatic carbocycles. The minimum atomic E-state index is -1.20. The molecule has 2 atom stereocenters. The van der Waals surface area contributed by atoms with E-state index in [9.17, 15) is 13.6 Å². The number of hydrazone groups is 1. The van der Waals surface area contributed by atoms with Gasteiger partial charge in [-0.25, -0.2) is 8.78 Å². The lowest BCUT2D eigenvalue weighted by atomic mass is 9.82. The third-order valence-corrected chi connectivity index (χ3v) is 5.11. The Labute approximate surface area is 155 Å². The highest BCUT2D eigenvalue weighted by Gasteiger charge is 2.56. The van der Waals surface area contributed by atoms with Gasteiger partial charge in [-0.2, -0.15) is 5.01 Å². The van der Waals surface area contributed by atoms with Gasteiger partial charge in [0.05, 0.1) is 5.56 Å². The number of para-hydroxylation sites is 1. The molecule has 1 N–H and O–H groups in total. The summed E-state index contributed by atoms with van der Waals surface area (Å²) in [5.74, 6) is -1.83. The van der Waals surface area contributed by atoms with Crippen LogP contribution in [-0.2, 0) is 15.3 Å². The number of carbonyl (C=O) groups is 1. The first-order chi connectivity index (χ1) is 13.0. The summed E-state index contributed by atoms with van der Waals surface area (Å²) in [5.41, 5.74) is 0.263. The molecule has 0 radical (unpaired) electrons. The summed E-state index contributed by atoms with van der Waals surface area (Å²) in [6, 6.07) is 10.6. The Morgan fingerprint density at radius 1 is 1.33 bits per heavy atom. The number of halogens is 2. The molecule has 7 heteroatoms. The second-order valence-corrected chi connectivity index (χ2v) is 6.69. The summed E-state index contributed by atoms with van der Waals surface area (Å²) in [7, 11) is 0. The fourth-order valence-corrected chi connectivity index (χ4v) is 3.84. The Kier molecular flexibility index (Phi) is 4.09. The smallest absolute Gasteiger partial charge is 0.244 e. The minimum Gasteiger partial charge on any atom is -0.442 e. The van der Waals surface area contributed by atoms with E-state index in [-0.39, 0.29) is 23.3 Å². The summed E-state index contributed by atoms with van der Waals surface area (Å²) in [5, 5.41) is 8.89. The highest BCUT2D eigenvalue weighted by Crippen LogP contribution is 2.49. The van der Waals surface area contributed by atoms with E-state index in [4.69, 9.17) is 4.74 Å². The molecule has 1 spiro atoms. The maximum atomic E-state index is 14.3. The third-order valence-electron chi connectivity index (χ3n) is 5.11. The molecule has 2 aromatic rings. The predicted octanol–water partition coefficient (Wildman–Crippen LogP) is 3.81. The summed E-state index contributed by atoms with van der Waals surface area (Å²) in [6.45, 7) is 3.94. The number of hydrogen-bond donors (Lipinski definition) is 1. The Morgan fingerprint density at radius 3 is 2.85 bits per heavy atom. The quantitative estimate of drug-likeness (QED) is 0.873. The van der Waals surface area contributed by atoms with Crippen LogP contribution in [0.25, 0.3) is 0 Å². The highest BCUT2D eigenvalue weighted by molar-refractivity contribution is 5.97. The molecule has 27 heavy (non-hydrogen) atoms. The van der Waals surface area contributed by atoms with Crippen LogP contribution in [-0.4, -0.2) is 23.4 Å². The Balaban J connectivity index is 1.90. The van der Waals surface area contributed by atoms with E-state index < -0.39 is 17.4 Å². The van der Waals surface area contributed by atoms with E-state index >= 15 is 0 Å². The number of carbonyl (C=O) groups excluding carboxylic acids is 1. The van der Waals surface area contributed by atoms with Gasteiger partial charge in [-0.15, -0.1) is 5.10 Å². The van der Waals surface area contributed by atoms with Crippen LogP contribution in [0.2, 0.25) is 0 Å². The topological polar surface area (TPSA) is 53.9 Å². The van der Waals surface area contributed by atoms with E-state index in [1.807, 2.05) is 31.2 Å². The van der Waals surface area contributed by atoms with Crippen molar-refractivity contribution in [1.29, 1.82) is 0 Å². The van der Waals surface area contributed by atoms with Crippen LogP contribution in [0.4, 0.5) is 14.5 Å². The van der Waals surface area contributed by atoms with E-state index in [2.05, 4.69) is 10.4 Å². The maximum absolute atomic E-state index is 14.3. The molecule has 0 saturated heterocycles. The van der Waals surface area contributed by atoms with Crippen LogP contribution in [0.15, 0.2) is 47.6 Å². The number of ether oxygens (including phenoxy) is 1. The first-order valence-electron chi connectivity index (χ1n) is 8.84. The molecular formula is C20H19F2N3O2. The molecule has 140 valence electrons. The van der Waals surface area contributed by atoms with Gasteiger partial charge in [-0.1, -0.05) is 25.1 Å². The van der Waals surface area contributed by atoms with Crippen LogP contribution in [0.1, 0.15) is 31.4 Å². The molecule has 2 heterocycles. The first-order valence-corrected chi connectivity index (χ1v) is 8.84. The maximum Gasteiger partial charge on any atom is 0.244 e. The number of hydrogen-bond acceptors (Lipinski definition) is 4. The first kappa shape index (κ1) is 17.5. The van der Waals surface area contributed by atoms with Crippen molar-refractivity contribution >= 4 is 17.5 Å². The Bertz CT molecular complexity index is 947. The van der Waals surface area contributed by atoms with Crippen LogP contribution in [0.3, 0.4) is 0 Å². The van der Waals surface area contributed by atoms with Crippen LogP contribution < -0.4 is 5.32 Å². The molecule has 0 saturated carbocycles. The van der Waals surface area contributed by atoms with Crippen molar-refractivity contribution in [2.24, 2.45) is 11.0 Å². The number of nitrogens with one attached hydrogen (secondary N) is 1. The molecule has 4 rings (SSSR count). The van der Waals surface area contributed by atoms with E-state index in [0.717, 1.165) is 29.4 Å². The lowest BCUT2D eigenvalue weighted by molar-refractivity contribution is -0.160. The molecule has 2 aliphatic heterocycles. The van der Waals surface area contributed by atoms with Gasteiger partial charge >= 0.3 is 0 Å². The molecule has 2 unspecified atom stereocenters. The summed E-state index contributed by atoms with van der Waals surface area (Å²) in [4.78, 5) is 12.5. The largest absolute Gasteiger partial charge is 0.442 e. The monoisotopic (exact) mass is 371 g/mol. The lowest BCUT2D eigenvalue weighted by Gasteiger charge is -2.44. The standard InChI is InChI=1S/C20H19F2N3O2/c1-3-13-11-23-18-7-5-4-6-16(18)20(13)25(12(2)26)24-19(27-20)15-10-14(21)8-9-17(15)22/h4-10,13,23H,3,11H2,1-2H3. The van der Waals surface area contributed by atoms with Crippen LogP contribution >= 0.6 is 0 Å². The molecule has 5 nitrogen and oxygen atoms in total. The lowest BCUT2D eigenvalue weighted by Crippen LogP contribution is -2.54. The predicted molar refractivity (Wildman–Crippen MR) is 96.9 cm³/mol. The van der Waals surface area contributed by atoms with E-state index in [1.165, 1.54) is 11.9 Å². The number of amides is 1. The Hall–Kier alpha value is -2.96. The van der Waals surface area contributed by atoms with Gasteiger partial charge in [-0.3, -0.25) is 4.79 Å². The van der Waals surface area contributed by atoms with Gasteiger partial charge in [-0.05, 0) is 30.7 Å². The molecule has 1 amide bonds. The van der Waals surface area contributed by atoms with Gasteiger partial charge < -0.3 is 10.1 Å². The molecule has 0 bridgehead atoms. The number of anilines is 1. The highest BCUT2D eigenvalue weighted by atomic mass is 19.1. The second kappa shape index (κ2) is 6.33. The van der Waals surface area contributed by atoms with Crippen molar-refractivity contribution in [3.8, 4) is 0 Å². The van der Waals surface area contributed by atoms with Crippen LogP contribution in [0, 0.1) is 17.6 Å². The molecule has 0 aromatic heterocycles. The minimum absolute atomic E-state index is 0.0997. The fourth-order valence-electron chi connectivity index (χ4n) is 3.84. The van der Waals surface area contributed by atoms with Gasteiger partial charge in [0.25, 0.3) is 0 Å². The molecule has 2 aliphatic rings.